The first kappa shape index (κ1) is 19.5. The second kappa shape index (κ2) is 8.29. The van der Waals surface area contributed by atoms with Gasteiger partial charge in [0.15, 0.2) is 0 Å². The van der Waals surface area contributed by atoms with E-state index in [0.717, 1.165) is 42.3 Å². The van der Waals surface area contributed by atoms with E-state index in [9.17, 15) is 19.7 Å². The molecule has 0 aromatic carbocycles. The average Bonchev–Trinajstić information content (AvgIpc) is 3.32. The Morgan fingerprint density at radius 2 is 2.03 bits per heavy atom. The van der Waals surface area contributed by atoms with Crippen molar-refractivity contribution >= 4 is 33.8 Å². The molecule has 11 heteroatoms. The maximum absolute atomic E-state index is 13.2. The van der Waals surface area contributed by atoms with E-state index in [0.29, 0.717) is 36.9 Å². The van der Waals surface area contributed by atoms with Crippen LogP contribution in [0.4, 0.5) is 10.7 Å². The summed E-state index contributed by atoms with van der Waals surface area (Å²) in [4.78, 5) is 38.9. The molecule has 2 aromatic heterocycles. The summed E-state index contributed by atoms with van der Waals surface area (Å²) in [5.41, 5.74) is 1.46. The van der Waals surface area contributed by atoms with Crippen molar-refractivity contribution in [2.24, 2.45) is 0 Å². The highest BCUT2D eigenvalue weighted by Crippen LogP contribution is 2.39. The van der Waals surface area contributed by atoms with Gasteiger partial charge >= 0.3 is 5.69 Å². The van der Waals surface area contributed by atoms with Crippen LogP contribution < -0.4 is 5.32 Å². The number of anilines is 1. The lowest BCUT2D eigenvalue weighted by atomic mass is 9.95. The van der Waals surface area contributed by atoms with E-state index in [1.165, 1.54) is 22.2 Å². The summed E-state index contributed by atoms with van der Waals surface area (Å²) < 4.78 is 6.55. The zero-order valence-electron chi connectivity index (χ0n) is 15.8. The third kappa shape index (κ3) is 4.15. The lowest BCUT2D eigenvalue weighted by Gasteiger charge is -2.27. The lowest BCUT2D eigenvalue weighted by Crippen LogP contribution is -2.41. The molecule has 0 bridgehead atoms. The van der Waals surface area contributed by atoms with Gasteiger partial charge in [0, 0.05) is 18.0 Å². The van der Waals surface area contributed by atoms with Crippen molar-refractivity contribution < 1.29 is 19.2 Å². The SMILES string of the molecule is O=C(Cn1cc([N+](=O)[O-])cn1)Nc1sc2c(c1C(=O)N1CCOCC1)CCCC2. The van der Waals surface area contributed by atoms with E-state index in [2.05, 4.69) is 10.4 Å². The molecule has 1 aliphatic heterocycles. The van der Waals surface area contributed by atoms with Crippen LogP contribution in [0.1, 0.15) is 33.6 Å². The number of carbonyl (C=O) groups excluding carboxylic acids is 2. The van der Waals surface area contributed by atoms with Crippen molar-refractivity contribution in [3.63, 3.8) is 0 Å². The molecule has 0 spiro atoms. The lowest BCUT2D eigenvalue weighted by molar-refractivity contribution is -0.385. The van der Waals surface area contributed by atoms with Crippen LogP contribution >= 0.6 is 11.3 Å². The van der Waals surface area contributed by atoms with E-state index >= 15 is 0 Å². The molecule has 2 amide bonds. The molecule has 29 heavy (non-hydrogen) atoms. The predicted molar refractivity (Wildman–Crippen MR) is 105 cm³/mol. The first-order valence-corrected chi connectivity index (χ1v) is 10.3. The second-order valence-electron chi connectivity index (χ2n) is 7.02. The summed E-state index contributed by atoms with van der Waals surface area (Å²) in [7, 11) is 0. The fourth-order valence-corrected chi connectivity index (χ4v) is 4.95. The minimum Gasteiger partial charge on any atom is -0.378 e. The van der Waals surface area contributed by atoms with E-state index < -0.39 is 4.92 Å². The average molecular weight is 419 g/mol. The fraction of sp³-hybridized carbons (Fsp3) is 0.500. The maximum Gasteiger partial charge on any atom is 0.307 e. The smallest absolute Gasteiger partial charge is 0.307 e. The number of fused-ring (bicyclic) bond motifs is 1. The summed E-state index contributed by atoms with van der Waals surface area (Å²) in [6.07, 6.45) is 6.15. The topological polar surface area (TPSA) is 120 Å². The van der Waals surface area contributed by atoms with Crippen LogP contribution in [0.2, 0.25) is 0 Å². The Morgan fingerprint density at radius 1 is 1.28 bits per heavy atom. The molecule has 0 unspecified atom stereocenters. The molecule has 1 fully saturated rings. The van der Waals surface area contributed by atoms with E-state index in [1.807, 2.05) is 0 Å². The van der Waals surface area contributed by atoms with E-state index in [4.69, 9.17) is 4.74 Å². The van der Waals surface area contributed by atoms with Crippen LogP contribution in [0.15, 0.2) is 12.4 Å². The number of thiophene rings is 1. The third-order valence-corrected chi connectivity index (χ3v) is 6.28. The molecule has 1 saturated heterocycles. The number of nitro groups is 1. The van der Waals surface area contributed by atoms with Gasteiger partial charge in [-0.15, -0.1) is 11.3 Å². The van der Waals surface area contributed by atoms with Gasteiger partial charge < -0.3 is 15.0 Å². The van der Waals surface area contributed by atoms with Crippen molar-refractivity contribution in [2.45, 2.75) is 32.2 Å². The van der Waals surface area contributed by atoms with Crippen LogP contribution in [0, 0.1) is 10.1 Å². The monoisotopic (exact) mass is 419 g/mol. The molecule has 154 valence electrons. The molecule has 1 aliphatic carbocycles. The number of carbonyl (C=O) groups is 2. The van der Waals surface area contributed by atoms with Crippen LogP contribution in [0.3, 0.4) is 0 Å². The fourth-order valence-electron chi connectivity index (χ4n) is 3.65. The number of ether oxygens (including phenoxy) is 1. The van der Waals surface area contributed by atoms with Crippen molar-refractivity contribution in [1.29, 1.82) is 0 Å². The minimum absolute atomic E-state index is 0.0715. The van der Waals surface area contributed by atoms with Crippen molar-refractivity contribution in [3.8, 4) is 0 Å². The second-order valence-corrected chi connectivity index (χ2v) is 8.13. The quantitative estimate of drug-likeness (QED) is 0.583. The number of rotatable bonds is 5. The zero-order valence-corrected chi connectivity index (χ0v) is 16.6. The van der Waals surface area contributed by atoms with Gasteiger partial charge in [0.05, 0.1) is 23.7 Å². The highest BCUT2D eigenvalue weighted by Gasteiger charge is 2.30. The largest absolute Gasteiger partial charge is 0.378 e. The number of nitrogens with zero attached hydrogens (tertiary/aromatic N) is 4. The van der Waals surface area contributed by atoms with Gasteiger partial charge in [-0.1, -0.05) is 0 Å². The van der Waals surface area contributed by atoms with Gasteiger partial charge in [0.2, 0.25) is 5.91 Å². The van der Waals surface area contributed by atoms with Gasteiger partial charge in [0.25, 0.3) is 5.91 Å². The molecule has 1 N–H and O–H groups in total. The Labute approximate surface area is 170 Å². The van der Waals surface area contributed by atoms with E-state index in [1.54, 1.807) is 4.90 Å². The Balaban J connectivity index is 1.55. The predicted octanol–water partition coefficient (Wildman–Crippen LogP) is 1.84. The molecule has 10 nitrogen and oxygen atoms in total. The summed E-state index contributed by atoms with van der Waals surface area (Å²) in [6.45, 7) is 1.93. The van der Waals surface area contributed by atoms with Crippen LogP contribution in [0.25, 0.3) is 0 Å². The summed E-state index contributed by atoms with van der Waals surface area (Å²) >= 11 is 1.45. The summed E-state index contributed by atoms with van der Waals surface area (Å²) in [5.74, 6) is -0.449. The molecular formula is C18H21N5O5S. The normalized spacial score (nSPS) is 16.3. The number of aryl methyl sites for hydroxylation is 1. The molecule has 0 saturated carbocycles. The van der Waals surface area contributed by atoms with Crippen molar-refractivity contribution in [2.75, 3.05) is 31.6 Å². The number of hydrogen-bond donors (Lipinski definition) is 1. The van der Waals surface area contributed by atoms with Crippen LogP contribution in [-0.2, 0) is 28.9 Å². The first-order valence-electron chi connectivity index (χ1n) is 9.51. The Bertz CT molecular complexity index is 947. The van der Waals surface area contributed by atoms with Crippen LogP contribution in [0.5, 0.6) is 0 Å². The Kier molecular flexibility index (Phi) is 5.58. The van der Waals surface area contributed by atoms with Gasteiger partial charge in [-0.2, -0.15) is 5.10 Å². The van der Waals surface area contributed by atoms with Gasteiger partial charge in [-0.25, -0.2) is 0 Å². The number of amides is 2. The first-order chi connectivity index (χ1) is 14.0. The number of nitrogens with one attached hydrogen (secondary N) is 1. The summed E-state index contributed by atoms with van der Waals surface area (Å²) in [6, 6.07) is 0. The Morgan fingerprint density at radius 3 is 2.76 bits per heavy atom. The molecular weight excluding hydrogens is 398 g/mol. The number of hydrogen-bond acceptors (Lipinski definition) is 7. The molecule has 4 rings (SSSR count). The highest BCUT2D eigenvalue weighted by atomic mass is 32.1. The minimum atomic E-state index is -0.562. The van der Waals surface area contributed by atoms with Gasteiger partial charge in [-0.3, -0.25) is 24.4 Å². The molecule has 3 heterocycles. The van der Waals surface area contributed by atoms with E-state index in [-0.39, 0.29) is 24.0 Å². The zero-order chi connectivity index (χ0) is 20.4. The molecule has 0 radical (unpaired) electrons. The standard InChI is InChI=1S/C18H21N5O5S/c24-15(11-22-10-12(9-19-22)23(26)27)20-17-16(13-3-1-2-4-14(13)29-17)18(25)21-5-7-28-8-6-21/h9-10H,1-8,11H2,(H,20,24). The summed E-state index contributed by atoms with van der Waals surface area (Å²) in [5, 5.41) is 18.0. The number of morpholine rings is 1. The molecule has 2 aliphatic rings. The molecule has 2 aromatic rings. The van der Waals surface area contributed by atoms with Crippen molar-refractivity contribution in [1.82, 2.24) is 14.7 Å². The third-order valence-electron chi connectivity index (χ3n) is 5.07. The highest BCUT2D eigenvalue weighted by molar-refractivity contribution is 7.17. The number of aromatic nitrogens is 2. The van der Waals surface area contributed by atoms with Gasteiger partial charge in [0.1, 0.15) is 23.9 Å². The van der Waals surface area contributed by atoms with Crippen LogP contribution in [-0.4, -0.2) is 57.7 Å². The van der Waals surface area contributed by atoms with Crippen molar-refractivity contribution in [3.05, 3.63) is 38.5 Å². The van der Waals surface area contributed by atoms with Gasteiger partial charge in [-0.05, 0) is 31.2 Å². The molecule has 0 atom stereocenters. The maximum atomic E-state index is 13.2. The Hall–Kier alpha value is -2.79.